The fraction of sp³-hybridized carbons (Fsp3) is 0.125. The van der Waals surface area contributed by atoms with Gasteiger partial charge in [0.05, 0.1) is 0 Å². The van der Waals surface area contributed by atoms with Crippen LogP contribution in [0.2, 0.25) is 0 Å². The third kappa shape index (κ3) is 6.32. The number of carbonyl (C=O) groups excluding carboxylic acids is 1. The molecule has 2 rings (SSSR count). The summed E-state index contributed by atoms with van der Waals surface area (Å²) in [6.07, 6.45) is -1.11. The molecule has 1 atom stereocenters. The lowest BCUT2D eigenvalue weighted by Gasteiger charge is -2.27. The first kappa shape index (κ1) is 19.7. The molecule has 4 nitrogen and oxygen atoms in total. The average Bonchev–Trinajstić information content (AvgIpc) is 2.54. The van der Waals surface area contributed by atoms with Gasteiger partial charge in [-0.3, -0.25) is 4.79 Å². The number of amides is 1. The van der Waals surface area contributed by atoms with E-state index in [2.05, 4.69) is 16.0 Å². The van der Waals surface area contributed by atoms with E-state index < -0.39 is 21.7 Å². The predicted octanol–water partition coefficient (Wildman–Crippen LogP) is 4.24. The summed E-state index contributed by atoms with van der Waals surface area (Å²) in [5.41, 5.74) is 0.942. The number of benzene rings is 2. The highest BCUT2D eigenvalue weighted by atomic mass is 35.6. The summed E-state index contributed by atoms with van der Waals surface area (Å²) in [4.78, 5) is 12.2. The first-order chi connectivity index (χ1) is 11.8. The predicted molar refractivity (Wildman–Crippen MR) is 104 cm³/mol. The minimum absolute atomic E-state index is 0.155. The average molecular weight is 421 g/mol. The van der Waals surface area contributed by atoms with Gasteiger partial charge in [-0.1, -0.05) is 53.0 Å². The van der Waals surface area contributed by atoms with E-state index in [1.165, 1.54) is 12.1 Å². The molecule has 0 aliphatic heterocycles. The standard InChI is InChI=1S/C16H13Cl3FN3OS/c17-16(18,19)14(22-13(24)10-6-8-11(20)9-7-10)23-15(25)21-12-4-2-1-3-5-12/h1-9,14H,(H,22,24)(H2,21,23,25). The summed E-state index contributed by atoms with van der Waals surface area (Å²) in [5.74, 6) is -1.01. The zero-order valence-electron chi connectivity index (χ0n) is 12.6. The summed E-state index contributed by atoms with van der Waals surface area (Å²) in [7, 11) is 0. The van der Waals surface area contributed by atoms with E-state index in [-0.39, 0.29) is 10.7 Å². The lowest BCUT2D eigenvalue weighted by Crippen LogP contribution is -2.56. The van der Waals surface area contributed by atoms with Crippen molar-refractivity contribution in [1.82, 2.24) is 10.6 Å². The highest BCUT2D eigenvalue weighted by molar-refractivity contribution is 7.80. The molecule has 0 saturated carbocycles. The molecular formula is C16H13Cl3FN3OS. The van der Waals surface area contributed by atoms with Crippen molar-refractivity contribution in [2.75, 3.05) is 5.32 Å². The summed E-state index contributed by atoms with van der Waals surface area (Å²) in [6, 6.07) is 14.1. The molecule has 0 heterocycles. The maximum absolute atomic E-state index is 12.9. The molecule has 3 N–H and O–H groups in total. The largest absolute Gasteiger partial charge is 0.339 e. The lowest BCUT2D eigenvalue weighted by atomic mass is 10.2. The molecule has 0 aliphatic carbocycles. The van der Waals surface area contributed by atoms with Crippen LogP contribution in [0.3, 0.4) is 0 Å². The molecule has 0 bridgehead atoms. The van der Waals surface area contributed by atoms with Crippen LogP contribution in [0.5, 0.6) is 0 Å². The van der Waals surface area contributed by atoms with Gasteiger partial charge in [0.2, 0.25) is 3.79 Å². The number of hydrogen-bond acceptors (Lipinski definition) is 2. The number of hydrogen-bond donors (Lipinski definition) is 3. The highest BCUT2D eigenvalue weighted by Gasteiger charge is 2.34. The molecule has 1 amide bonds. The van der Waals surface area contributed by atoms with Crippen LogP contribution in [-0.2, 0) is 0 Å². The minimum atomic E-state index is -1.88. The Hall–Kier alpha value is -1.60. The van der Waals surface area contributed by atoms with Crippen molar-refractivity contribution in [2.45, 2.75) is 9.96 Å². The number of rotatable bonds is 4. The van der Waals surface area contributed by atoms with E-state index in [0.717, 1.165) is 17.8 Å². The van der Waals surface area contributed by atoms with Crippen molar-refractivity contribution in [3.63, 3.8) is 0 Å². The van der Waals surface area contributed by atoms with Crippen LogP contribution in [0, 0.1) is 5.82 Å². The lowest BCUT2D eigenvalue weighted by molar-refractivity contribution is 0.0934. The number of halogens is 4. The number of carbonyl (C=O) groups is 1. The Morgan fingerprint density at radius 1 is 1.00 bits per heavy atom. The zero-order valence-corrected chi connectivity index (χ0v) is 15.7. The number of thiocarbonyl (C=S) groups is 1. The van der Waals surface area contributed by atoms with Gasteiger partial charge < -0.3 is 16.0 Å². The van der Waals surface area contributed by atoms with Crippen LogP contribution in [-0.4, -0.2) is 21.0 Å². The molecule has 25 heavy (non-hydrogen) atoms. The quantitative estimate of drug-likeness (QED) is 0.393. The monoisotopic (exact) mass is 419 g/mol. The van der Waals surface area contributed by atoms with Gasteiger partial charge in [0, 0.05) is 11.3 Å². The topological polar surface area (TPSA) is 53.2 Å². The van der Waals surface area contributed by atoms with Crippen LogP contribution < -0.4 is 16.0 Å². The van der Waals surface area contributed by atoms with Gasteiger partial charge in [-0.05, 0) is 48.6 Å². The van der Waals surface area contributed by atoms with Gasteiger partial charge in [-0.25, -0.2) is 4.39 Å². The number of nitrogens with one attached hydrogen (secondary N) is 3. The maximum Gasteiger partial charge on any atom is 0.252 e. The molecular weight excluding hydrogens is 408 g/mol. The summed E-state index contributed by atoms with van der Waals surface area (Å²) < 4.78 is 11.1. The molecule has 2 aromatic carbocycles. The van der Waals surface area contributed by atoms with E-state index in [1.54, 1.807) is 12.1 Å². The molecule has 0 aliphatic rings. The van der Waals surface area contributed by atoms with Gasteiger partial charge in [-0.2, -0.15) is 0 Å². The van der Waals surface area contributed by atoms with Crippen molar-refractivity contribution in [2.24, 2.45) is 0 Å². The molecule has 0 aromatic heterocycles. The van der Waals surface area contributed by atoms with E-state index in [9.17, 15) is 9.18 Å². The van der Waals surface area contributed by atoms with Crippen molar-refractivity contribution >= 4 is 63.7 Å². The molecule has 0 radical (unpaired) electrons. The first-order valence-electron chi connectivity index (χ1n) is 7.01. The third-order valence-electron chi connectivity index (χ3n) is 3.02. The molecule has 2 aromatic rings. The summed E-state index contributed by atoms with van der Waals surface area (Å²) >= 11 is 22.9. The second-order valence-corrected chi connectivity index (χ2v) is 7.70. The van der Waals surface area contributed by atoms with E-state index >= 15 is 0 Å². The van der Waals surface area contributed by atoms with Crippen molar-refractivity contribution in [3.05, 3.63) is 66.0 Å². The number of alkyl halides is 3. The van der Waals surface area contributed by atoms with E-state index in [1.807, 2.05) is 18.2 Å². The molecule has 9 heteroatoms. The number of anilines is 1. The molecule has 0 fully saturated rings. The van der Waals surface area contributed by atoms with Gasteiger partial charge >= 0.3 is 0 Å². The summed E-state index contributed by atoms with van der Waals surface area (Å²) in [6.45, 7) is 0. The molecule has 1 unspecified atom stereocenters. The van der Waals surface area contributed by atoms with Crippen LogP contribution in [0.4, 0.5) is 10.1 Å². The normalized spacial score (nSPS) is 12.2. The Labute approximate surface area is 164 Å². The maximum atomic E-state index is 12.9. The van der Waals surface area contributed by atoms with Gasteiger partial charge in [0.25, 0.3) is 5.91 Å². The Morgan fingerprint density at radius 2 is 1.60 bits per heavy atom. The Bertz CT molecular complexity index is 739. The third-order valence-corrected chi connectivity index (χ3v) is 3.89. The van der Waals surface area contributed by atoms with E-state index in [4.69, 9.17) is 47.0 Å². The fourth-order valence-electron chi connectivity index (χ4n) is 1.84. The van der Waals surface area contributed by atoms with Crippen molar-refractivity contribution < 1.29 is 9.18 Å². The number of para-hydroxylation sites is 1. The van der Waals surface area contributed by atoms with Gasteiger partial charge in [0.15, 0.2) is 5.11 Å². The van der Waals surface area contributed by atoms with Crippen LogP contribution >= 0.6 is 47.0 Å². The van der Waals surface area contributed by atoms with Crippen LogP contribution in [0.25, 0.3) is 0 Å². The zero-order chi connectivity index (χ0) is 18.4. The van der Waals surface area contributed by atoms with Gasteiger partial charge in [0.1, 0.15) is 12.0 Å². The Kier molecular flexibility index (Phi) is 6.84. The van der Waals surface area contributed by atoms with Crippen LogP contribution in [0.15, 0.2) is 54.6 Å². The molecule has 0 saturated heterocycles. The second-order valence-electron chi connectivity index (χ2n) is 4.92. The van der Waals surface area contributed by atoms with E-state index in [0.29, 0.717) is 0 Å². The SMILES string of the molecule is O=C(NC(NC(=S)Nc1ccccc1)C(Cl)(Cl)Cl)c1ccc(F)cc1. The second kappa shape index (κ2) is 8.67. The molecule has 0 spiro atoms. The van der Waals surface area contributed by atoms with Gasteiger partial charge in [-0.15, -0.1) is 0 Å². The van der Waals surface area contributed by atoms with Crippen molar-refractivity contribution in [3.8, 4) is 0 Å². The Balaban J connectivity index is 2.04. The van der Waals surface area contributed by atoms with Crippen LogP contribution in [0.1, 0.15) is 10.4 Å². The minimum Gasteiger partial charge on any atom is -0.339 e. The highest BCUT2D eigenvalue weighted by Crippen LogP contribution is 2.29. The first-order valence-corrected chi connectivity index (χ1v) is 8.55. The Morgan fingerprint density at radius 3 is 2.16 bits per heavy atom. The van der Waals surface area contributed by atoms with Crippen molar-refractivity contribution in [1.29, 1.82) is 0 Å². The fourth-order valence-corrected chi connectivity index (χ4v) is 2.40. The summed E-state index contributed by atoms with van der Waals surface area (Å²) in [5, 5.41) is 8.31. The smallest absolute Gasteiger partial charge is 0.252 e. The molecule has 132 valence electrons.